The van der Waals surface area contributed by atoms with Gasteiger partial charge in [-0.2, -0.15) is 0 Å². The summed E-state index contributed by atoms with van der Waals surface area (Å²) in [5.41, 5.74) is 2.68. The molecule has 8 nitrogen and oxygen atoms in total. The lowest BCUT2D eigenvalue weighted by Crippen LogP contribution is -2.44. The number of aryl methyl sites for hydroxylation is 1. The van der Waals surface area contributed by atoms with Crippen LogP contribution in [0.4, 0.5) is 5.69 Å². The van der Waals surface area contributed by atoms with E-state index < -0.39 is 22.2 Å². The van der Waals surface area contributed by atoms with Crippen LogP contribution in [0.1, 0.15) is 18.1 Å². The molecule has 1 amide bonds. The minimum absolute atomic E-state index is 0.0129. The predicted molar refractivity (Wildman–Crippen MR) is 113 cm³/mol. The van der Waals surface area contributed by atoms with E-state index >= 15 is 0 Å². The zero-order valence-corrected chi connectivity index (χ0v) is 17.8. The summed E-state index contributed by atoms with van der Waals surface area (Å²) in [4.78, 5) is 11.2. The highest BCUT2D eigenvalue weighted by molar-refractivity contribution is 7.89. The van der Waals surface area contributed by atoms with Crippen molar-refractivity contribution in [1.82, 2.24) is 10.0 Å². The number of rotatable bonds is 8. The number of hydrogen-bond acceptors (Lipinski definition) is 6. The molecule has 0 bridgehead atoms. The maximum atomic E-state index is 12.4. The van der Waals surface area contributed by atoms with Gasteiger partial charge in [0.2, 0.25) is 15.9 Å². The second-order valence-electron chi connectivity index (χ2n) is 7.39. The summed E-state index contributed by atoms with van der Waals surface area (Å²) < 4.78 is 32.9. The molecule has 0 saturated carbocycles. The molecule has 0 spiro atoms. The van der Waals surface area contributed by atoms with Gasteiger partial charge in [-0.25, -0.2) is 13.1 Å². The maximum Gasteiger partial charge on any atom is 0.240 e. The smallest absolute Gasteiger partial charge is 0.240 e. The molecule has 30 heavy (non-hydrogen) atoms. The molecule has 1 aliphatic heterocycles. The number of benzene rings is 2. The van der Waals surface area contributed by atoms with Gasteiger partial charge in [0.1, 0.15) is 0 Å². The van der Waals surface area contributed by atoms with Crippen LogP contribution in [0, 0.1) is 6.92 Å². The molecular weight excluding hydrogens is 406 g/mol. The second-order valence-corrected chi connectivity index (χ2v) is 9.16. The van der Waals surface area contributed by atoms with Crippen LogP contribution in [-0.4, -0.2) is 50.8 Å². The Kier molecular flexibility index (Phi) is 7.22. The first-order valence-electron chi connectivity index (χ1n) is 9.70. The molecule has 1 saturated heterocycles. The summed E-state index contributed by atoms with van der Waals surface area (Å²) in [6, 6.07) is 13.6. The van der Waals surface area contributed by atoms with E-state index in [0.717, 1.165) is 16.8 Å². The highest BCUT2D eigenvalue weighted by atomic mass is 32.2. The van der Waals surface area contributed by atoms with E-state index in [1.54, 1.807) is 24.3 Å². The molecule has 3 rings (SSSR count). The molecule has 4 N–H and O–H groups in total. The van der Waals surface area contributed by atoms with Crippen LogP contribution < -0.4 is 15.4 Å². The largest absolute Gasteiger partial charge is 0.389 e. The number of carbonyl (C=O) groups excluding carboxylic acids is 1. The van der Waals surface area contributed by atoms with Crippen molar-refractivity contribution in [3.8, 4) is 0 Å². The first kappa shape index (κ1) is 22.4. The number of nitrogens with one attached hydrogen (secondary N) is 3. The summed E-state index contributed by atoms with van der Waals surface area (Å²) in [5, 5.41) is 16.4. The first-order chi connectivity index (χ1) is 14.2. The number of hydrogen-bond donors (Lipinski definition) is 4. The van der Waals surface area contributed by atoms with Crippen molar-refractivity contribution in [2.75, 3.05) is 18.5 Å². The second kappa shape index (κ2) is 9.67. The number of anilines is 1. The molecule has 162 valence electrons. The predicted octanol–water partition coefficient (Wildman–Crippen LogP) is 1.15. The lowest BCUT2D eigenvalue weighted by Gasteiger charge is -2.19. The Hall–Kier alpha value is -2.30. The van der Waals surface area contributed by atoms with Gasteiger partial charge in [0.15, 0.2) is 0 Å². The van der Waals surface area contributed by atoms with Gasteiger partial charge in [0.05, 0.1) is 29.8 Å². The number of amides is 1. The highest BCUT2D eigenvalue weighted by Crippen LogP contribution is 2.17. The molecule has 3 unspecified atom stereocenters. The van der Waals surface area contributed by atoms with Gasteiger partial charge >= 0.3 is 0 Å². The van der Waals surface area contributed by atoms with Crippen molar-refractivity contribution < 1.29 is 23.1 Å². The van der Waals surface area contributed by atoms with Crippen molar-refractivity contribution in [3.05, 3.63) is 59.7 Å². The average molecular weight is 434 g/mol. The molecule has 1 aliphatic rings. The van der Waals surface area contributed by atoms with E-state index in [4.69, 9.17) is 4.74 Å². The molecule has 0 aromatic heterocycles. The fourth-order valence-corrected chi connectivity index (χ4v) is 4.24. The van der Waals surface area contributed by atoms with Crippen LogP contribution in [0.2, 0.25) is 0 Å². The summed E-state index contributed by atoms with van der Waals surface area (Å²) in [6.45, 7) is 4.11. The Bertz CT molecular complexity index is 961. The normalized spacial score (nSPS) is 21.5. The minimum Gasteiger partial charge on any atom is -0.389 e. The van der Waals surface area contributed by atoms with Crippen molar-refractivity contribution >= 4 is 21.6 Å². The summed E-state index contributed by atoms with van der Waals surface area (Å²) in [7, 11) is -3.66. The third-order valence-electron chi connectivity index (χ3n) is 4.93. The quantitative estimate of drug-likeness (QED) is 0.496. The van der Waals surface area contributed by atoms with Crippen molar-refractivity contribution in [1.29, 1.82) is 0 Å². The van der Waals surface area contributed by atoms with Gasteiger partial charge in [-0.1, -0.05) is 29.8 Å². The highest BCUT2D eigenvalue weighted by Gasteiger charge is 2.36. The Morgan fingerprint density at radius 1 is 1.13 bits per heavy atom. The third kappa shape index (κ3) is 5.87. The fourth-order valence-electron chi connectivity index (χ4n) is 3.19. The van der Waals surface area contributed by atoms with E-state index in [1.807, 2.05) is 31.2 Å². The maximum absolute atomic E-state index is 12.4. The van der Waals surface area contributed by atoms with Gasteiger partial charge in [-0.05, 0) is 36.8 Å². The Labute approximate surface area is 176 Å². The van der Waals surface area contributed by atoms with Crippen LogP contribution >= 0.6 is 0 Å². The summed E-state index contributed by atoms with van der Waals surface area (Å²) >= 11 is 0. The van der Waals surface area contributed by atoms with Crippen LogP contribution in [0.25, 0.3) is 0 Å². The minimum atomic E-state index is -3.66. The number of ether oxygens (including phenoxy) is 1. The van der Waals surface area contributed by atoms with Crippen LogP contribution in [0.5, 0.6) is 0 Å². The van der Waals surface area contributed by atoms with Crippen molar-refractivity contribution in [2.45, 2.75) is 43.5 Å². The third-order valence-corrected chi connectivity index (χ3v) is 6.37. The number of carbonyl (C=O) groups is 1. The monoisotopic (exact) mass is 433 g/mol. The molecule has 9 heteroatoms. The topological polar surface area (TPSA) is 117 Å². The van der Waals surface area contributed by atoms with Crippen LogP contribution in [0.3, 0.4) is 0 Å². The Morgan fingerprint density at radius 3 is 2.43 bits per heavy atom. The number of aliphatic hydroxyl groups is 1. The molecule has 0 aliphatic carbocycles. The zero-order valence-electron chi connectivity index (χ0n) is 17.0. The standard InChI is InChI=1S/C21H27N3O5S/c1-14-3-9-18(10-4-14)30(27,28)23-12-20-21(26)19(13-29-20)22-11-16-5-7-17(8-6-16)24-15(2)25/h3-10,19-23,26H,11-13H2,1-2H3,(H,24,25). The molecule has 2 aromatic carbocycles. The summed E-state index contributed by atoms with van der Waals surface area (Å²) in [6.07, 6.45) is -1.48. The molecule has 3 atom stereocenters. The van der Waals surface area contributed by atoms with Gasteiger partial charge < -0.3 is 20.5 Å². The SMILES string of the molecule is CC(=O)Nc1ccc(CNC2COC(CNS(=O)(=O)c3ccc(C)cc3)C2O)cc1. The Morgan fingerprint density at radius 2 is 1.80 bits per heavy atom. The first-order valence-corrected chi connectivity index (χ1v) is 11.2. The average Bonchev–Trinajstić information content (AvgIpc) is 3.05. The number of aliphatic hydroxyl groups excluding tert-OH is 1. The fraction of sp³-hybridized carbons (Fsp3) is 0.381. The number of sulfonamides is 1. The lowest BCUT2D eigenvalue weighted by molar-refractivity contribution is -0.114. The summed E-state index contributed by atoms with van der Waals surface area (Å²) in [5.74, 6) is -0.129. The van der Waals surface area contributed by atoms with E-state index in [2.05, 4.69) is 15.4 Å². The molecule has 2 aromatic rings. The molecular formula is C21H27N3O5S. The molecule has 1 fully saturated rings. The zero-order chi connectivity index (χ0) is 21.7. The van der Waals surface area contributed by atoms with Crippen molar-refractivity contribution in [3.63, 3.8) is 0 Å². The van der Waals surface area contributed by atoms with Crippen LogP contribution in [-0.2, 0) is 26.1 Å². The van der Waals surface area contributed by atoms with Crippen LogP contribution in [0.15, 0.2) is 53.4 Å². The van der Waals surface area contributed by atoms with Gasteiger partial charge in [0.25, 0.3) is 0 Å². The van der Waals surface area contributed by atoms with Crippen molar-refractivity contribution in [2.24, 2.45) is 0 Å². The van der Waals surface area contributed by atoms with Gasteiger partial charge in [0, 0.05) is 25.7 Å². The van der Waals surface area contributed by atoms with E-state index in [-0.39, 0.29) is 30.0 Å². The van der Waals surface area contributed by atoms with Gasteiger partial charge in [-0.3, -0.25) is 4.79 Å². The van der Waals surface area contributed by atoms with E-state index in [0.29, 0.717) is 6.54 Å². The van der Waals surface area contributed by atoms with Gasteiger partial charge in [-0.15, -0.1) is 0 Å². The Balaban J connectivity index is 1.49. The van der Waals surface area contributed by atoms with E-state index in [1.165, 1.54) is 6.92 Å². The lowest BCUT2D eigenvalue weighted by atomic mass is 10.1. The molecule has 0 radical (unpaired) electrons. The molecule has 1 heterocycles. The van der Waals surface area contributed by atoms with E-state index in [9.17, 15) is 18.3 Å².